The lowest BCUT2D eigenvalue weighted by Gasteiger charge is -2.19. The predicted octanol–water partition coefficient (Wildman–Crippen LogP) is 2.94. The molecule has 0 aromatic heterocycles. The Morgan fingerprint density at radius 1 is 1.53 bits per heavy atom. The Hall–Kier alpha value is -1.69. The molecule has 1 fully saturated rings. The van der Waals surface area contributed by atoms with E-state index >= 15 is 0 Å². The number of halogens is 1. The normalized spacial score (nSPS) is 23.7. The molecule has 0 saturated heterocycles. The van der Waals surface area contributed by atoms with E-state index in [2.05, 4.69) is 6.07 Å². The summed E-state index contributed by atoms with van der Waals surface area (Å²) in [6.07, 6.45) is 2.31. The van der Waals surface area contributed by atoms with Gasteiger partial charge >= 0.3 is 0 Å². The first-order valence-corrected chi connectivity index (χ1v) is 5.77. The minimum Gasteiger partial charge on any atom is -0.298 e. The van der Waals surface area contributed by atoms with Gasteiger partial charge in [-0.1, -0.05) is 6.07 Å². The highest BCUT2D eigenvalue weighted by molar-refractivity contribution is 5.89. The molecule has 1 atom stereocenters. The highest BCUT2D eigenvalue weighted by Crippen LogP contribution is 2.38. The molecule has 1 saturated carbocycles. The first-order valence-electron chi connectivity index (χ1n) is 5.77. The van der Waals surface area contributed by atoms with Crippen molar-refractivity contribution in [3.63, 3.8) is 0 Å². The minimum atomic E-state index is -0.872. The second-order valence-electron chi connectivity index (χ2n) is 4.72. The molecule has 2 rings (SSSR count). The van der Waals surface area contributed by atoms with Gasteiger partial charge in [0, 0.05) is 6.42 Å². The number of ketones is 1. The molecule has 1 aromatic carbocycles. The Morgan fingerprint density at radius 3 is 2.82 bits per heavy atom. The zero-order valence-electron chi connectivity index (χ0n) is 9.79. The molecule has 0 amide bonds. The lowest BCUT2D eigenvalue weighted by Crippen LogP contribution is -2.26. The summed E-state index contributed by atoms with van der Waals surface area (Å²) in [6.45, 7) is 1.81. The van der Waals surface area contributed by atoms with E-state index in [1.807, 2.05) is 6.92 Å². The molecular weight excluding hydrogens is 217 g/mol. The van der Waals surface area contributed by atoms with Crippen molar-refractivity contribution in [1.29, 1.82) is 5.26 Å². The van der Waals surface area contributed by atoms with E-state index in [-0.39, 0.29) is 11.6 Å². The van der Waals surface area contributed by atoms with E-state index in [4.69, 9.17) is 0 Å². The first kappa shape index (κ1) is 11.8. The Kier molecular flexibility index (Phi) is 2.97. The number of hydrogen-bond donors (Lipinski definition) is 0. The van der Waals surface area contributed by atoms with Crippen LogP contribution in [-0.2, 0) is 11.2 Å². The number of carbonyl (C=O) groups excluding carboxylic acids is 1. The fourth-order valence-corrected chi connectivity index (χ4v) is 2.46. The van der Waals surface area contributed by atoms with Crippen molar-refractivity contribution in [1.82, 2.24) is 0 Å². The summed E-state index contributed by atoms with van der Waals surface area (Å²) in [6, 6.07) is 6.68. The maximum absolute atomic E-state index is 13.0. The number of nitriles is 1. The van der Waals surface area contributed by atoms with Crippen LogP contribution < -0.4 is 0 Å². The van der Waals surface area contributed by atoms with Gasteiger partial charge in [0.1, 0.15) is 11.2 Å². The molecule has 0 N–H and O–H groups in total. The standard InChI is InChI=1S/C14H14FNO/c1-10-7-12(15)5-4-11(10)8-14(9-16)6-2-3-13(14)17/h4-5,7H,2-3,6,8H2,1H3. The maximum atomic E-state index is 13.0. The molecule has 3 heteroatoms. The van der Waals surface area contributed by atoms with Crippen molar-refractivity contribution in [2.75, 3.05) is 0 Å². The van der Waals surface area contributed by atoms with Crippen LogP contribution in [-0.4, -0.2) is 5.78 Å². The smallest absolute Gasteiger partial charge is 0.153 e. The predicted molar refractivity (Wildman–Crippen MR) is 61.7 cm³/mol. The van der Waals surface area contributed by atoms with Crippen LogP contribution in [0, 0.1) is 29.5 Å². The summed E-state index contributed by atoms with van der Waals surface area (Å²) in [5.41, 5.74) is 0.824. The highest BCUT2D eigenvalue weighted by atomic mass is 19.1. The van der Waals surface area contributed by atoms with Crippen LogP contribution in [0.5, 0.6) is 0 Å². The average molecular weight is 231 g/mol. The topological polar surface area (TPSA) is 40.9 Å². The SMILES string of the molecule is Cc1cc(F)ccc1CC1(C#N)CCCC1=O. The second-order valence-corrected chi connectivity index (χ2v) is 4.72. The van der Waals surface area contributed by atoms with E-state index in [1.54, 1.807) is 6.07 Å². The average Bonchev–Trinajstić information content (AvgIpc) is 2.65. The largest absolute Gasteiger partial charge is 0.298 e. The van der Waals surface area contributed by atoms with Crippen LogP contribution in [0.4, 0.5) is 4.39 Å². The monoisotopic (exact) mass is 231 g/mol. The summed E-state index contributed by atoms with van der Waals surface area (Å²) in [7, 11) is 0. The Balaban J connectivity index is 2.31. The van der Waals surface area contributed by atoms with E-state index in [9.17, 15) is 14.4 Å². The van der Waals surface area contributed by atoms with Gasteiger partial charge in [0.05, 0.1) is 6.07 Å². The molecule has 0 aliphatic heterocycles. The van der Waals surface area contributed by atoms with Crippen molar-refractivity contribution in [2.45, 2.75) is 32.6 Å². The summed E-state index contributed by atoms with van der Waals surface area (Å²) in [5, 5.41) is 9.25. The van der Waals surface area contributed by atoms with Crippen LogP contribution in [0.25, 0.3) is 0 Å². The maximum Gasteiger partial charge on any atom is 0.153 e. The van der Waals surface area contributed by atoms with Gasteiger partial charge in [0.2, 0.25) is 0 Å². The quantitative estimate of drug-likeness (QED) is 0.785. The van der Waals surface area contributed by atoms with Crippen molar-refractivity contribution >= 4 is 5.78 Å². The molecule has 0 heterocycles. The van der Waals surface area contributed by atoms with E-state index in [1.165, 1.54) is 12.1 Å². The van der Waals surface area contributed by atoms with E-state index in [0.29, 0.717) is 19.3 Å². The molecule has 88 valence electrons. The summed E-state index contributed by atoms with van der Waals surface area (Å²) in [4.78, 5) is 11.8. The van der Waals surface area contributed by atoms with Gasteiger partial charge in [-0.25, -0.2) is 4.39 Å². The second kappa shape index (κ2) is 4.29. The Bertz CT molecular complexity index is 503. The van der Waals surface area contributed by atoms with Crippen LogP contribution in [0.3, 0.4) is 0 Å². The van der Waals surface area contributed by atoms with Gasteiger partial charge in [0.25, 0.3) is 0 Å². The van der Waals surface area contributed by atoms with Gasteiger partial charge < -0.3 is 0 Å². The van der Waals surface area contributed by atoms with Gasteiger partial charge in [-0.05, 0) is 49.4 Å². The van der Waals surface area contributed by atoms with E-state index in [0.717, 1.165) is 17.5 Å². The third-order valence-corrected chi connectivity index (χ3v) is 3.55. The number of Topliss-reactive ketones (excluding diaryl/α,β-unsaturated/α-hetero) is 1. The zero-order chi connectivity index (χ0) is 12.5. The Morgan fingerprint density at radius 2 is 2.29 bits per heavy atom. The molecule has 1 aromatic rings. The third-order valence-electron chi connectivity index (χ3n) is 3.55. The summed E-state index contributed by atoms with van der Waals surface area (Å²) >= 11 is 0. The van der Waals surface area contributed by atoms with Crippen molar-refractivity contribution in [3.05, 3.63) is 35.1 Å². The number of nitrogens with zero attached hydrogens (tertiary/aromatic N) is 1. The fraction of sp³-hybridized carbons (Fsp3) is 0.429. The lowest BCUT2D eigenvalue weighted by molar-refractivity contribution is -0.123. The molecule has 17 heavy (non-hydrogen) atoms. The van der Waals surface area contributed by atoms with Crippen LogP contribution in [0.15, 0.2) is 18.2 Å². The molecule has 1 unspecified atom stereocenters. The van der Waals surface area contributed by atoms with Gasteiger partial charge in [-0.15, -0.1) is 0 Å². The molecule has 2 nitrogen and oxygen atoms in total. The summed E-state index contributed by atoms with van der Waals surface area (Å²) in [5.74, 6) is -0.251. The molecular formula is C14H14FNO. The van der Waals surface area contributed by atoms with Gasteiger partial charge in [-0.3, -0.25) is 4.79 Å². The number of rotatable bonds is 2. The van der Waals surface area contributed by atoms with Gasteiger partial charge in [0.15, 0.2) is 5.78 Å². The molecule has 1 aliphatic rings. The third kappa shape index (κ3) is 2.08. The molecule has 1 aliphatic carbocycles. The van der Waals surface area contributed by atoms with Crippen molar-refractivity contribution in [2.24, 2.45) is 5.41 Å². The van der Waals surface area contributed by atoms with Gasteiger partial charge in [-0.2, -0.15) is 5.26 Å². The molecule has 0 bridgehead atoms. The zero-order valence-corrected chi connectivity index (χ0v) is 9.79. The van der Waals surface area contributed by atoms with Crippen LogP contribution >= 0.6 is 0 Å². The minimum absolute atomic E-state index is 0.0312. The van der Waals surface area contributed by atoms with Crippen LogP contribution in [0.2, 0.25) is 0 Å². The Labute approximate surface area is 100 Å². The number of carbonyl (C=O) groups is 1. The molecule has 0 spiro atoms. The highest BCUT2D eigenvalue weighted by Gasteiger charge is 2.42. The lowest BCUT2D eigenvalue weighted by atomic mass is 9.80. The summed E-state index contributed by atoms with van der Waals surface area (Å²) < 4.78 is 13.0. The van der Waals surface area contributed by atoms with Crippen LogP contribution in [0.1, 0.15) is 30.4 Å². The first-order chi connectivity index (χ1) is 8.07. The van der Waals surface area contributed by atoms with E-state index < -0.39 is 5.41 Å². The van der Waals surface area contributed by atoms with Crippen molar-refractivity contribution < 1.29 is 9.18 Å². The number of benzene rings is 1. The number of hydrogen-bond acceptors (Lipinski definition) is 2. The molecule has 0 radical (unpaired) electrons. The number of aryl methyl sites for hydroxylation is 1. The fourth-order valence-electron chi connectivity index (χ4n) is 2.46. The van der Waals surface area contributed by atoms with Crippen molar-refractivity contribution in [3.8, 4) is 6.07 Å².